The van der Waals surface area contributed by atoms with Crippen LogP contribution in [0.25, 0.3) is 99.5 Å². The summed E-state index contributed by atoms with van der Waals surface area (Å²) in [7, 11) is 0. The zero-order chi connectivity index (χ0) is 108. The normalized spacial score (nSPS) is 16.6. The lowest BCUT2D eigenvalue weighted by Crippen LogP contribution is -2.61. The quantitative estimate of drug-likeness (QED) is 0.0897. The van der Waals surface area contributed by atoms with Crippen LogP contribution in [0.4, 0.5) is 34.1 Å². The summed E-state index contributed by atoms with van der Waals surface area (Å²) in [4.78, 5) is 4.45. The van der Waals surface area contributed by atoms with Gasteiger partial charge in [-0.2, -0.15) is 0 Å². The molecule has 4 nitrogen and oxygen atoms in total. The van der Waals surface area contributed by atoms with Gasteiger partial charge in [0.15, 0.2) is 0 Å². The van der Waals surface area contributed by atoms with Crippen LogP contribution in [-0.2, 0) is 56.5 Å². The molecule has 4 heterocycles. The molecule has 0 atom stereocenters. The second-order valence-corrected chi connectivity index (χ2v) is 45.5. The molecule has 127 heavy (non-hydrogen) atoms. The van der Waals surface area contributed by atoms with Gasteiger partial charge < -0.3 is 18.9 Å². The van der Waals surface area contributed by atoms with E-state index in [4.69, 9.17) is 0 Å². The monoisotopic (exact) mass is 1690 g/mol. The summed E-state index contributed by atoms with van der Waals surface area (Å²) in [5.41, 5.74) is 8.91. The van der Waals surface area contributed by atoms with E-state index in [1.807, 2.05) is 267 Å². The molecule has 0 saturated heterocycles. The minimum Gasteiger partial charge on any atom is -0.311 e. The van der Waals surface area contributed by atoms with Gasteiger partial charge in [0.25, 0.3) is 6.71 Å². The molecule has 17 rings (SSSR count). The van der Waals surface area contributed by atoms with Crippen molar-refractivity contribution >= 4 is 101 Å². The Bertz CT molecular complexity index is 7470. The number of para-hydroxylation sites is 2. The Morgan fingerprint density at radius 1 is 0.268 bits per heavy atom. The molecule has 0 spiro atoms. The van der Waals surface area contributed by atoms with E-state index in [0.29, 0.717) is 174 Å². The van der Waals surface area contributed by atoms with Gasteiger partial charge in [-0.05, 0) is 297 Å². The molecule has 650 valence electrons. The Morgan fingerprint density at radius 3 is 0.921 bits per heavy atom. The lowest BCUT2D eigenvalue weighted by Gasteiger charge is -2.46. The highest BCUT2D eigenvalue weighted by Crippen LogP contribution is 2.55. The van der Waals surface area contributed by atoms with Crippen molar-refractivity contribution in [2.75, 3.05) is 9.80 Å². The fourth-order valence-electron chi connectivity index (χ4n) is 19.0. The van der Waals surface area contributed by atoms with Crippen molar-refractivity contribution in [1.29, 1.82) is 0 Å². The molecule has 0 radical (unpaired) electrons. The van der Waals surface area contributed by atoms with Crippen molar-refractivity contribution in [2.24, 2.45) is 43.3 Å². The first kappa shape index (κ1) is 66.5. The van der Waals surface area contributed by atoms with Gasteiger partial charge in [0.1, 0.15) is 0 Å². The van der Waals surface area contributed by atoms with Crippen LogP contribution in [0.5, 0.6) is 0 Å². The Balaban J connectivity index is 1.14. The molecule has 13 aromatic carbocycles. The van der Waals surface area contributed by atoms with E-state index in [0.717, 1.165) is 16.7 Å². The maximum atomic E-state index is 10.9. The summed E-state index contributed by atoms with van der Waals surface area (Å²) in [6, 6.07) is 63.7. The lowest BCUT2D eigenvalue weighted by atomic mass is 9.33. The lowest BCUT2D eigenvalue weighted by molar-refractivity contribution is 0.410. The Hall–Kier alpha value is -10.9. The van der Waals surface area contributed by atoms with Crippen LogP contribution in [0, 0.1) is 43.3 Å². The van der Waals surface area contributed by atoms with Gasteiger partial charge >= 0.3 is 0 Å². The van der Waals surface area contributed by atoms with Crippen molar-refractivity contribution in [2.45, 2.75) is 243 Å². The summed E-state index contributed by atoms with van der Waals surface area (Å²) in [6.45, 7) is 51.9. The third-order valence-corrected chi connectivity index (χ3v) is 23.4. The van der Waals surface area contributed by atoms with Crippen LogP contribution in [-0.4, -0.2) is 15.8 Å². The number of hydrogen-bond donors (Lipinski definition) is 0. The molecule has 0 bridgehead atoms. The maximum Gasteiger partial charge on any atom is 0.252 e. The summed E-state index contributed by atoms with van der Waals surface area (Å²) in [5.74, 6) is 0. The van der Waals surface area contributed by atoms with E-state index in [1.54, 1.807) is 24.3 Å². The van der Waals surface area contributed by atoms with Crippen LogP contribution in [0.1, 0.15) is 264 Å². The number of hydrogen-bond acceptors (Lipinski definition) is 2. The molecule has 15 aromatic rings. The number of nitrogens with zero attached hydrogens (tertiary/aromatic N) is 4. The molecule has 0 N–H and O–H groups in total. The van der Waals surface area contributed by atoms with Crippen LogP contribution in [0.15, 0.2) is 255 Å². The molecular formula is C122H139BN4. The molecule has 5 heteroatoms. The highest BCUT2D eigenvalue weighted by Gasteiger charge is 2.46. The summed E-state index contributed by atoms with van der Waals surface area (Å²) in [6.07, 6.45) is -11.1. The topological polar surface area (TPSA) is 16.3 Å². The highest BCUT2D eigenvalue weighted by atomic mass is 15.2. The molecule has 0 aliphatic carbocycles. The minimum absolute atomic E-state index is 0.199. The second-order valence-electron chi connectivity index (χ2n) is 45.5. The average molecular weight is 1690 g/mol. The van der Waals surface area contributed by atoms with Gasteiger partial charge in [0, 0.05) is 83.2 Å². The minimum atomic E-state index is -2.22. The molecular weight excluding hydrogens is 1530 g/mol. The van der Waals surface area contributed by atoms with Gasteiger partial charge in [-0.15, -0.1) is 0 Å². The van der Waals surface area contributed by atoms with E-state index >= 15 is 0 Å². The molecule has 0 unspecified atom stereocenters. The highest BCUT2D eigenvalue weighted by molar-refractivity contribution is 7.00. The predicted molar refractivity (Wildman–Crippen MR) is 555 cm³/mol. The SMILES string of the molecule is [2H]c1c([2H])c([2H])c2c(c1[2H])c1cc(CC(C)(C)C)ccc1n2-c1ccc2c(c1)N(c1cc(-c3cccc(C([2H])([2H])C(C)(C)C)c3)c(C([2H])([2H])C(C)(C)C)cc1-c1cccc(C([2H])([2H])C(C)(C)C)c1)c1cc(C(C)(C)C)cc3c1B2c1ccc(-n2c4ccc(CC(C)(C)C)cc4c4c([2H])c([2H])c([2H])c([2H])c42)cc1N3c1cc(-c2cccc(C([2H])([2H])C(C)(C)C)c2)c(C([2H])([2H])C(C)(C)C)cc1-c1cccc(C([2H])([2H])C(C)(C)C)c1. The van der Waals surface area contributed by atoms with E-state index in [2.05, 4.69) is 121 Å². The van der Waals surface area contributed by atoms with Crippen molar-refractivity contribution < 1.29 is 27.4 Å². The van der Waals surface area contributed by atoms with Crippen molar-refractivity contribution in [1.82, 2.24) is 9.13 Å². The third kappa shape index (κ3) is 18.6. The van der Waals surface area contributed by atoms with Crippen LogP contribution in [0.3, 0.4) is 0 Å². The van der Waals surface area contributed by atoms with Gasteiger partial charge in [-0.1, -0.05) is 345 Å². The number of rotatable bonds is 16. The Kier molecular flexibility index (Phi) is 16.8. The molecule has 0 amide bonds. The third-order valence-electron chi connectivity index (χ3n) is 23.4. The van der Waals surface area contributed by atoms with Crippen molar-refractivity contribution in [3.63, 3.8) is 0 Å². The zero-order valence-electron chi connectivity index (χ0n) is 99.9. The van der Waals surface area contributed by atoms with Gasteiger partial charge in [-0.3, -0.25) is 0 Å². The number of anilines is 6. The molecule has 2 aliphatic heterocycles. The standard InChI is InChI=1S/C122H139BN4/c1-114(2,3)70-78-36-32-40-84(56-78)95-68-107(97(62-88(95)76-120(19,20)21)86-42-34-38-80(58-86)72-116(7,8)9)126-109-66-91(124-103-46-30-28-44-93(103)99-60-82(48-54-105(99)124)74-118(13,14)15)50-52-101(109)123-102-53-51-92(125-104-47-31-29-45-94(104)100-61-83(49-55-106(100)125)75-119(16,17)18)67-110(102)127(112-65-90(122(25,26)27)64-111(126)113(112)123)108-69-96(85-41-33-37-79(57-85)71-115(4,5)6)89(77-121(22,23)24)63-98(108)87-43-35-39-81(59-87)73-117(10,11)12/h28-69H,70-77H2,1-27H3/i28D,29D,30D,31D,44D,45D,46D,47D,70D2,71D2,72D2,73D2,76D2,77D2. The maximum absolute atomic E-state index is 10.9. The van der Waals surface area contributed by atoms with E-state index in [-0.39, 0.29) is 57.2 Å². The van der Waals surface area contributed by atoms with Crippen molar-refractivity contribution in [3.05, 3.63) is 305 Å². The number of fused-ring (bicyclic) bond motifs is 10. The predicted octanol–water partition coefficient (Wildman–Crippen LogP) is 32.6. The molecule has 2 aliphatic rings. The fraction of sp³-hybridized carbons (Fsp3) is 0.361. The van der Waals surface area contributed by atoms with Gasteiger partial charge in [0.05, 0.1) is 44.4 Å². The Morgan fingerprint density at radius 2 is 0.598 bits per heavy atom. The van der Waals surface area contributed by atoms with E-state index < -0.39 is 107 Å². The van der Waals surface area contributed by atoms with E-state index in [1.165, 1.54) is 0 Å². The summed E-state index contributed by atoms with van der Waals surface area (Å²) >= 11 is 0. The smallest absolute Gasteiger partial charge is 0.252 e. The fourth-order valence-corrected chi connectivity index (χ4v) is 19.0. The molecule has 0 saturated carbocycles. The second kappa shape index (κ2) is 32.1. The first-order valence-electron chi connectivity index (χ1n) is 55.4. The van der Waals surface area contributed by atoms with Gasteiger partial charge in [-0.25, -0.2) is 0 Å². The summed E-state index contributed by atoms with van der Waals surface area (Å²) in [5, 5.41) is 1.84. The average Bonchev–Trinajstić information content (AvgIpc) is 1.27. The largest absolute Gasteiger partial charge is 0.311 e. The van der Waals surface area contributed by atoms with E-state index in [9.17, 15) is 27.4 Å². The van der Waals surface area contributed by atoms with Crippen LogP contribution >= 0.6 is 0 Å². The summed E-state index contributed by atoms with van der Waals surface area (Å²) < 4.78 is 207. The van der Waals surface area contributed by atoms with Crippen LogP contribution in [0.2, 0.25) is 0 Å². The van der Waals surface area contributed by atoms with Crippen LogP contribution < -0.4 is 26.2 Å². The molecule has 2 aromatic heterocycles. The van der Waals surface area contributed by atoms with Gasteiger partial charge in [0.2, 0.25) is 0 Å². The first-order chi connectivity index (χ1) is 67.5. The zero-order valence-corrected chi connectivity index (χ0v) is 79.9. The Labute approximate surface area is 790 Å². The van der Waals surface area contributed by atoms with Crippen molar-refractivity contribution in [3.8, 4) is 55.9 Å². The number of aromatic nitrogens is 2. The first-order valence-corrected chi connectivity index (χ1v) is 45.4. The molecule has 0 fully saturated rings. The number of benzene rings is 13.